The molecule has 1 aromatic carbocycles. The number of fused-ring (bicyclic) bond motifs is 1. The number of rotatable bonds is 3. The number of carbonyl (C=O) groups excluding carboxylic acids is 1. The molecular formula is C21H27ClN4O2. The van der Waals surface area contributed by atoms with Crippen LogP contribution >= 0.6 is 11.6 Å². The maximum Gasteiger partial charge on any atom is 0.251 e. The summed E-state index contributed by atoms with van der Waals surface area (Å²) < 4.78 is 6.00. The number of anilines is 1. The van der Waals surface area contributed by atoms with E-state index in [9.17, 15) is 4.79 Å². The lowest BCUT2D eigenvalue weighted by molar-refractivity contribution is -0.138. The quantitative estimate of drug-likeness (QED) is 0.826. The Morgan fingerprint density at radius 3 is 3.07 bits per heavy atom. The maximum atomic E-state index is 12.9. The zero-order chi connectivity index (χ0) is 19.5. The van der Waals surface area contributed by atoms with Gasteiger partial charge < -0.3 is 20.3 Å². The number of aromatic nitrogens is 1. The van der Waals surface area contributed by atoms with Crippen molar-refractivity contribution in [2.24, 2.45) is 0 Å². The van der Waals surface area contributed by atoms with Crippen LogP contribution in [0.4, 0.5) is 5.69 Å². The van der Waals surface area contributed by atoms with Crippen LogP contribution in [0, 0.1) is 0 Å². The van der Waals surface area contributed by atoms with Gasteiger partial charge in [-0.25, -0.2) is 0 Å². The number of halogens is 1. The highest BCUT2D eigenvalue weighted by molar-refractivity contribution is 6.35. The first-order valence-electron chi connectivity index (χ1n) is 10.1. The lowest BCUT2D eigenvalue weighted by atomic mass is 10.1. The second-order valence-electron chi connectivity index (χ2n) is 7.69. The van der Waals surface area contributed by atoms with Crippen LogP contribution in [0.3, 0.4) is 0 Å². The number of hydrogen-bond donors (Lipinski definition) is 2. The average molecular weight is 403 g/mol. The highest BCUT2D eigenvalue weighted by atomic mass is 35.5. The monoisotopic (exact) mass is 402 g/mol. The maximum absolute atomic E-state index is 12.9. The summed E-state index contributed by atoms with van der Waals surface area (Å²) in [6.07, 6.45) is 4.29. The molecule has 2 fully saturated rings. The zero-order valence-corrected chi connectivity index (χ0v) is 16.9. The molecule has 3 unspecified atom stereocenters. The fourth-order valence-electron chi connectivity index (χ4n) is 4.15. The van der Waals surface area contributed by atoms with Gasteiger partial charge in [0.25, 0.3) is 5.91 Å². The van der Waals surface area contributed by atoms with E-state index in [2.05, 4.69) is 20.5 Å². The molecule has 2 aromatic rings. The number of nitrogens with zero attached hydrogens (tertiary/aromatic N) is 2. The van der Waals surface area contributed by atoms with Crippen LogP contribution in [-0.4, -0.2) is 55.3 Å². The van der Waals surface area contributed by atoms with E-state index in [1.54, 1.807) is 6.20 Å². The van der Waals surface area contributed by atoms with Crippen molar-refractivity contribution < 1.29 is 9.53 Å². The van der Waals surface area contributed by atoms with Gasteiger partial charge in [0.05, 0.1) is 23.2 Å². The molecule has 0 radical (unpaired) electrons. The van der Waals surface area contributed by atoms with Crippen molar-refractivity contribution in [1.82, 2.24) is 15.6 Å². The van der Waals surface area contributed by atoms with E-state index in [0.29, 0.717) is 11.6 Å². The van der Waals surface area contributed by atoms with E-state index in [4.69, 9.17) is 16.3 Å². The normalized spacial score (nSPS) is 26.1. The largest absolute Gasteiger partial charge is 0.365 e. The van der Waals surface area contributed by atoms with Gasteiger partial charge in [-0.3, -0.25) is 9.78 Å². The summed E-state index contributed by atoms with van der Waals surface area (Å²) in [7, 11) is 0. The predicted molar refractivity (Wildman–Crippen MR) is 112 cm³/mol. The lowest BCUT2D eigenvalue weighted by Crippen LogP contribution is -2.54. The third-order valence-corrected chi connectivity index (χ3v) is 5.82. The SMILES string of the molecule is CC1CN(c2ccc(Cl)c3ncccc23)CC(C(=O)NC2CCCNCC2)O1. The molecule has 4 rings (SSSR count). The van der Waals surface area contributed by atoms with Gasteiger partial charge in [0, 0.05) is 29.9 Å². The van der Waals surface area contributed by atoms with Gasteiger partial charge >= 0.3 is 0 Å². The van der Waals surface area contributed by atoms with Crippen LogP contribution in [0.15, 0.2) is 30.5 Å². The highest BCUT2D eigenvalue weighted by Gasteiger charge is 2.32. The second kappa shape index (κ2) is 8.64. The van der Waals surface area contributed by atoms with Gasteiger partial charge in [0.2, 0.25) is 0 Å². The average Bonchev–Trinajstić information content (AvgIpc) is 2.96. The van der Waals surface area contributed by atoms with E-state index in [1.165, 1.54) is 0 Å². The minimum atomic E-state index is -0.484. The van der Waals surface area contributed by atoms with Crippen LogP contribution < -0.4 is 15.5 Å². The topological polar surface area (TPSA) is 66.5 Å². The van der Waals surface area contributed by atoms with Crippen LogP contribution in [0.2, 0.25) is 5.02 Å². The number of amides is 1. The van der Waals surface area contributed by atoms with Crippen molar-refractivity contribution in [3.63, 3.8) is 0 Å². The Morgan fingerprint density at radius 1 is 1.29 bits per heavy atom. The van der Waals surface area contributed by atoms with E-state index < -0.39 is 6.10 Å². The second-order valence-corrected chi connectivity index (χ2v) is 8.10. The molecule has 28 heavy (non-hydrogen) atoms. The van der Waals surface area contributed by atoms with Gasteiger partial charge in [0.1, 0.15) is 0 Å². The molecule has 150 valence electrons. The van der Waals surface area contributed by atoms with Gasteiger partial charge in [0.15, 0.2) is 6.10 Å². The number of hydrogen-bond acceptors (Lipinski definition) is 5. The highest BCUT2D eigenvalue weighted by Crippen LogP contribution is 2.32. The van der Waals surface area contributed by atoms with Gasteiger partial charge in [-0.2, -0.15) is 0 Å². The van der Waals surface area contributed by atoms with Gasteiger partial charge in [-0.1, -0.05) is 11.6 Å². The molecule has 0 aliphatic carbocycles. The molecule has 2 aliphatic rings. The minimum Gasteiger partial charge on any atom is -0.365 e. The molecule has 0 spiro atoms. The molecule has 6 nitrogen and oxygen atoms in total. The van der Waals surface area contributed by atoms with E-state index in [0.717, 1.165) is 55.5 Å². The molecule has 0 bridgehead atoms. The van der Waals surface area contributed by atoms with Crippen LogP contribution in [-0.2, 0) is 9.53 Å². The molecule has 1 amide bonds. The van der Waals surface area contributed by atoms with Crippen LogP contribution in [0.25, 0.3) is 10.9 Å². The van der Waals surface area contributed by atoms with Crippen molar-refractivity contribution in [2.45, 2.75) is 44.4 Å². The Hall–Kier alpha value is -1.89. The summed E-state index contributed by atoms with van der Waals surface area (Å²) in [6, 6.07) is 8.04. The number of morpholine rings is 1. The Morgan fingerprint density at radius 2 is 2.18 bits per heavy atom. The lowest BCUT2D eigenvalue weighted by Gasteiger charge is -2.38. The van der Waals surface area contributed by atoms with Crippen molar-refractivity contribution in [2.75, 3.05) is 31.1 Å². The fraction of sp³-hybridized carbons (Fsp3) is 0.524. The predicted octanol–water partition coefficient (Wildman–Crippen LogP) is 2.74. The Bertz CT molecular complexity index is 838. The molecule has 2 aliphatic heterocycles. The molecule has 3 atom stereocenters. The van der Waals surface area contributed by atoms with Crippen molar-refractivity contribution in [1.29, 1.82) is 0 Å². The Kier molecular flexibility index (Phi) is 5.99. The number of nitrogens with one attached hydrogen (secondary N) is 2. The molecule has 1 aromatic heterocycles. The summed E-state index contributed by atoms with van der Waals surface area (Å²) in [4.78, 5) is 19.5. The fourth-order valence-corrected chi connectivity index (χ4v) is 4.36. The molecular weight excluding hydrogens is 376 g/mol. The Labute approximate surface area is 170 Å². The zero-order valence-electron chi connectivity index (χ0n) is 16.2. The molecule has 7 heteroatoms. The van der Waals surface area contributed by atoms with E-state index in [1.807, 2.05) is 31.2 Å². The number of pyridine rings is 1. The van der Waals surface area contributed by atoms with Crippen molar-refractivity contribution in [3.8, 4) is 0 Å². The van der Waals surface area contributed by atoms with Gasteiger partial charge in [-0.15, -0.1) is 0 Å². The number of carbonyl (C=O) groups is 1. The minimum absolute atomic E-state index is 0.0140. The van der Waals surface area contributed by atoms with Crippen molar-refractivity contribution in [3.05, 3.63) is 35.5 Å². The summed E-state index contributed by atoms with van der Waals surface area (Å²) >= 11 is 6.32. The molecule has 0 saturated carbocycles. The van der Waals surface area contributed by atoms with Crippen LogP contribution in [0.1, 0.15) is 26.2 Å². The summed E-state index contributed by atoms with van der Waals surface area (Å²) in [5.74, 6) is -0.0140. The molecule has 2 N–H and O–H groups in total. The number of ether oxygens (including phenoxy) is 1. The summed E-state index contributed by atoms with van der Waals surface area (Å²) in [6.45, 7) is 5.23. The van der Waals surface area contributed by atoms with Crippen LogP contribution in [0.5, 0.6) is 0 Å². The Balaban J connectivity index is 1.52. The smallest absolute Gasteiger partial charge is 0.251 e. The summed E-state index contributed by atoms with van der Waals surface area (Å²) in [5, 5.41) is 8.22. The van der Waals surface area contributed by atoms with Crippen molar-refractivity contribution >= 4 is 34.1 Å². The first kappa shape index (κ1) is 19.4. The molecule has 2 saturated heterocycles. The number of benzene rings is 1. The summed E-state index contributed by atoms with van der Waals surface area (Å²) in [5.41, 5.74) is 1.83. The first-order valence-corrected chi connectivity index (χ1v) is 10.4. The van der Waals surface area contributed by atoms with Gasteiger partial charge in [-0.05, 0) is 63.5 Å². The third-order valence-electron chi connectivity index (χ3n) is 5.51. The third kappa shape index (κ3) is 4.24. The van der Waals surface area contributed by atoms with E-state index >= 15 is 0 Å². The molecule has 3 heterocycles. The standard InChI is InChI=1S/C21H27ClN4O2/c1-14-12-26(18-7-6-17(22)20-16(18)5-3-10-24-20)13-19(28-14)21(27)25-15-4-2-9-23-11-8-15/h3,5-7,10,14-15,19,23H,2,4,8-9,11-13H2,1H3,(H,25,27). The first-order chi connectivity index (χ1) is 13.6. The van der Waals surface area contributed by atoms with E-state index in [-0.39, 0.29) is 18.1 Å².